The second-order valence-electron chi connectivity index (χ2n) is 6.72. The van der Waals surface area contributed by atoms with Gasteiger partial charge in [0.1, 0.15) is 0 Å². The number of para-hydroxylation sites is 1. The van der Waals surface area contributed by atoms with Gasteiger partial charge in [-0.3, -0.25) is 14.4 Å². The van der Waals surface area contributed by atoms with Crippen LogP contribution in [-0.4, -0.2) is 57.6 Å². The van der Waals surface area contributed by atoms with Crippen molar-refractivity contribution in [3.05, 3.63) is 57.5 Å². The van der Waals surface area contributed by atoms with Crippen molar-refractivity contribution in [2.45, 2.75) is 20.0 Å². The number of aromatic nitrogens is 2. The predicted molar refractivity (Wildman–Crippen MR) is 97.7 cm³/mol. The molecule has 1 aromatic carbocycles. The lowest BCUT2D eigenvalue weighted by Crippen LogP contribution is -2.51. The van der Waals surface area contributed by atoms with E-state index in [1.165, 1.54) is 36.9 Å². The minimum atomic E-state index is -4.62. The van der Waals surface area contributed by atoms with Crippen LogP contribution < -0.4 is 5.43 Å². The van der Waals surface area contributed by atoms with Crippen LogP contribution in [-0.2, 0) is 11.0 Å². The maximum Gasteiger partial charge on any atom is 0.418 e. The summed E-state index contributed by atoms with van der Waals surface area (Å²) in [5.74, 6) is -0.784. The average molecular weight is 408 g/mol. The fraction of sp³-hybridized carbons (Fsp3) is 0.368. The third-order valence-electron chi connectivity index (χ3n) is 4.76. The van der Waals surface area contributed by atoms with E-state index in [9.17, 15) is 27.6 Å². The highest BCUT2D eigenvalue weighted by Gasteiger charge is 2.34. The number of halogens is 3. The molecule has 1 fully saturated rings. The number of benzene rings is 1. The summed E-state index contributed by atoms with van der Waals surface area (Å²) >= 11 is 0. The topological polar surface area (TPSA) is 75.5 Å². The van der Waals surface area contributed by atoms with Crippen molar-refractivity contribution in [2.24, 2.45) is 0 Å². The first kappa shape index (κ1) is 20.6. The summed E-state index contributed by atoms with van der Waals surface area (Å²) < 4.78 is 41.1. The van der Waals surface area contributed by atoms with Gasteiger partial charge in [-0.25, -0.2) is 4.68 Å². The fourth-order valence-corrected chi connectivity index (χ4v) is 3.21. The molecular weight excluding hydrogens is 389 g/mol. The van der Waals surface area contributed by atoms with Crippen molar-refractivity contribution >= 4 is 11.8 Å². The summed E-state index contributed by atoms with van der Waals surface area (Å²) in [6.07, 6.45) is -4.62. The van der Waals surface area contributed by atoms with Crippen LogP contribution in [0.1, 0.15) is 28.7 Å². The summed E-state index contributed by atoms with van der Waals surface area (Å²) in [5.41, 5.74) is -2.14. The zero-order chi connectivity index (χ0) is 21.3. The van der Waals surface area contributed by atoms with Crippen LogP contribution in [0.4, 0.5) is 13.2 Å². The molecule has 2 heterocycles. The van der Waals surface area contributed by atoms with Crippen LogP contribution in [0.2, 0.25) is 0 Å². The van der Waals surface area contributed by atoms with E-state index in [0.29, 0.717) is 13.1 Å². The number of hydrogen-bond acceptors (Lipinski definition) is 4. The minimum Gasteiger partial charge on any atom is -0.339 e. The van der Waals surface area contributed by atoms with E-state index in [-0.39, 0.29) is 30.4 Å². The number of hydrogen-bond donors (Lipinski definition) is 0. The van der Waals surface area contributed by atoms with E-state index in [0.717, 1.165) is 16.8 Å². The first-order chi connectivity index (χ1) is 13.6. The molecule has 10 heteroatoms. The Kier molecular flexibility index (Phi) is 5.45. The van der Waals surface area contributed by atoms with Gasteiger partial charge in [0.2, 0.25) is 11.3 Å². The summed E-state index contributed by atoms with van der Waals surface area (Å²) in [5, 5.41) is 3.98. The molecule has 0 bridgehead atoms. The second kappa shape index (κ2) is 7.69. The van der Waals surface area contributed by atoms with Crippen molar-refractivity contribution in [3.63, 3.8) is 0 Å². The standard InChI is InChI=1S/C19H19F3N4O3/c1-12-11-16(28)17(18(29)25-9-7-24(8-10-25)13(2)27)23-26(12)15-6-4-3-5-14(15)19(20,21)22/h3-6,11H,7-10H2,1-2H3. The number of carbonyl (C=O) groups is 2. The highest BCUT2D eigenvalue weighted by molar-refractivity contribution is 5.92. The van der Waals surface area contributed by atoms with Gasteiger partial charge in [-0.2, -0.15) is 18.3 Å². The van der Waals surface area contributed by atoms with Crippen LogP contribution in [0.25, 0.3) is 5.69 Å². The molecule has 1 aliphatic heterocycles. The predicted octanol–water partition coefficient (Wildman–Crippen LogP) is 1.86. The number of carbonyl (C=O) groups excluding carboxylic acids is 2. The monoisotopic (exact) mass is 408 g/mol. The van der Waals surface area contributed by atoms with Crippen molar-refractivity contribution < 1.29 is 22.8 Å². The van der Waals surface area contributed by atoms with Crippen molar-refractivity contribution in [3.8, 4) is 5.69 Å². The van der Waals surface area contributed by atoms with Gasteiger partial charge >= 0.3 is 6.18 Å². The van der Waals surface area contributed by atoms with Crippen LogP contribution in [0.15, 0.2) is 35.1 Å². The normalized spacial score (nSPS) is 14.8. The molecule has 0 N–H and O–H groups in total. The minimum absolute atomic E-state index is 0.114. The second-order valence-corrected chi connectivity index (χ2v) is 6.72. The number of nitrogens with zero attached hydrogens (tertiary/aromatic N) is 4. The summed E-state index contributed by atoms with van der Waals surface area (Å²) in [6.45, 7) is 3.94. The van der Waals surface area contributed by atoms with Gasteiger partial charge in [0.15, 0.2) is 5.69 Å². The third-order valence-corrected chi connectivity index (χ3v) is 4.76. The van der Waals surface area contributed by atoms with E-state index < -0.39 is 28.8 Å². The highest BCUT2D eigenvalue weighted by Crippen LogP contribution is 2.33. The summed E-state index contributed by atoms with van der Waals surface area (Å²) in [7, 11) is 0. The third kappa shape index (κ3) is 4.15. The Balaban J connectivity index is 1.99. The van der Waals surface area contributed by atoms with Crippen LogP contribution in [0.5, 0.6) is 0 Å². The van der Waals surface area contributed by atoms with Gasteiger partial charge in [0.05, 0.1) is 11.3 Å². The number of amides is 2. The fourth-order valence-electron chi connectivity index (χ4n) is 3.21. The first-order valence-electron chi connectivity index (χ1n) is 8.92. The molecule has 1 aliphatic rings. The molecule has 29 heavy (non-hydrogen) atoms. The average Bonchev–Trinajstić information content (AvgIpc) is 2.67. The van der Waals surface area contributed by atoms with Gasteiger partial charge in [-0.1, -0.05) is 12.1 Å². The molecule has 2 aromatic rings. The van der Waals surface area contributed by atoms with Gasteiger partial charge in [-0.15, -0.1) is 0 Å². The van der Waals surface area contributed by atoms with E-state index >= 15 is 0 Å². The Morgan fingerprint density at radius 1 is 1.03 bits per heavy atom. The number of rotatable bonds is 2. The summed E-state index contributed by atoms with van der Waals surface area (Å²) in [4.78, 5) is 39.5. The van der Waals surface area contributed by atoms with Gasteiger partial charge in [0.25, 0.3) is 5.91 Å². The molecule has 0 aliphatic carbocycles. The zero-order valence-corrected chi connectivity index (χ0v) is 15.9. The SMILES string of the molecule is CC(=O)N1CCN(C(=O)c2nn(-c3ccccc3C(F)(F)F)c(C)cc2=O)CC1. The maximum absolute atomic E-state index is 13.4. The molecule has 0 atom stereocenters. The van der Waals surface area contributed by atoms with Crippen molar-refractivity contribution in [1.29, 1.82) is 0 Å². The molecule has 154 valence electrons. The zero-order valence-electron chi connectivity index (χ0n) is 15.9. The number of piperazine rings is 1. The molecule has 1 saturated heterocycles. The molecule has 0 spiro atoms. The first-order valence-corrected chi connectivity index (χ1v) is 8.92. The van der Waals surface area contributed by atoms with E-state index in [1.54, 1.807) is 4.90 Å². The van der Waals surface area contributed by atoms with Crippen molar-refractivity contribution in [2.75, 3.05) is 26.2 Å². The quantitative estimate of drug-likeness (QED) is 0.760. The summed E-state index contributed by atoms with van der Waals surface area (Å²) in [6, 6.07) is 5.92. The lowest BCUT2D eigenvalue weighted by Gasteiger charge is -2.33. The molecule has 0 radical (unpaired) electrons. The van der Waals surface area contributed by atoms with E-state index in [4.69, 9.17) is 0 Å². The Morgan fingerprint density at radius 3 is 2.21 bits per heavy atom. The Hall–Kier alpha value is -3.17. The smallest absolute Gasteiger partial charge is 0.339 e. The number of aryl methyl sites for hydroxylation is 1. The molecule has 0 unspecified atom stereocenters. The molecular formula is C19H19F3N4O3. The van der Waals surface area contributed by atoms with Gasteiger partial charge in [-0.05, 0) is 19.1 Å². The van der Waals surface area contributed by atoms with E-state index in [1.807, 2.05) is 0 Å². The van der Waals surface area contributed by atoms with E-state index in [2.05, 4.69) is 5.10 Å². The van der Waals surface area contributed by atoms with Gasteiger partial charge in [0, 0.05) is 44.9 Å². The molecule has 3 rings (SSSR count). The lowest BCUT2D eigenvalue weighted by molar-refractivity contribution is -0.137. The van der Waals surface area contributed by atoms with Crippen LogP contribution in [0.3, 0.4) is 0 Å². The lowest BCUT2D eigenvalue weighted by atomic mass is 10.1. The Labute approximate surface area is 164 Å². The highest BCUT2D eigenvalue weighted by atomic mass is 19.4. The van der Waals surface area contributed by atoms with Crippen LogP contribution >= 0.6 is 0 Å². The molecule has 7 nitrogen and oxygen atoms in total. The molecule has 2 amide bonds. The molecule has 0 saturated carbocycles. The Morgan fingerprint density at radius 2 is 1.62 bits per heavy atom. The Bertz CT molecular complexity index is 1010. The maximum atomic E-state index is 13.4. The largest absolute Gasteiger partial charge is 0.418 e. The molecule has 1 aromatic heterocycles. The number of alkyl halides is 3. The van der Waals surface area contributed by atoms with Gasteiger partial charge < -0.3 is 9.80 Å². The van der Waals surface area contributed by atoms with Crippen LogP contribution in [0, 0.1) is 6.92 Å². The van der Waals surface area contributed by atoms with Crippen molar-refractivity contribution in [1.82, 2.24) is 19.6 Å².